The van der Waals surface area contributed by atoms with Crippen molar-refractivity contribution in [2.75, 3.05) is 33.3 Å². The molecule has 1 saturated heterocycles. The van der Waals surface area contributed by atoms with Crippen LogP contribution in [-0.4, -0.2) is 61.8 Å². The number of nitrogens with zero attached hydrogens (tertiary/aromatic N) is 3. The molecule has 0 saturated carbocycles. The van der Waals surface area contributed by atoms with Gasteiger partial charge in [0.2, 0.25) is 10.0 Å². The summed E-state index contributed by atoms with van der Waals surface area (Å²) in [5, 5.41) is 2.47. The van der Waals surface area contributed by atoms with Crippen molar-refractivity contribution in [3.05, 3.63) is 45.4 Å². The van der Waals surface area contributed by atoms with Gasteiger partial charge in [0.05, 0.1) is 11.5 Å². The van der Waals surface area contributed by atoms with Gasteiger partial charge in [-0.05, 0) is 31.0 Å². The monoisotopic (exact) mass is 409 g/mol. The molecule has 1 aromatic carbocycles. The smallest absolute Gasteiger partial charge is 0.273 e. The van der Waals surface area contributed by atoms with E-state index in [1.165, 1.54) is 15.6 Å². The van der Waals surface area contributed by atoms with E-state index in [-0.39, 0.29) is 19.0 Å². The van der Waals surface area contributed by atoms with Gasteiger partial charge in [0.15, 0.2) is 0 Å². The molecule has 0 bridgehead atoms. The molecule has 146 valence electrons. The van der Waals surface area contributed by atoms with E-state index >= 15 is 0 Å². The lowest BCUT2D eigenvalue weighted by Crippen LogP contribution is -2.50. The number of hydrogen-bond donors (Lipinski definition) is 0. The Morgan fingerprint density at radius 2 is 1.93 bits per heavy atom. The van der Waals surface area contributed by atoms with Crippen molar-refractivity contribution in [2.45, 2.75) is 25.3 Å². The van der Waals surface area contributed by atoms with Gasteiger partial charge in [0, 0.05) is 38.7 Å². The van der Waals surface area contributed by atoms with Crippen LogP contribution in [0, 0.1) is 13.8 Å². The number of hydrogen-bond acceptors (Lipinski definition) is 6. The Morgan fingerprint density at radius 1 is 1.22 bits per heavy atom. The Bertz CT molecular complexity index is 932. The van der Waals surface area contributed by atoms with Gasteiger partial charge in [-0.25, -0.2) is 13.4 Å². The molecular weight excluding hydrogens is 386 g/mol. The standard InChI is InChI=1S/C18H23N3O4S2/c1-13-4-5-14(2)16(10-13)27(23,24)21-8-6-20(7-9-21)18(22)15-12-26-17(19-15)11-25-3/h4-5,10,12H,6-9,11H2,1-3H3. The predicted molar refractivity (Wildman–Crippen MR) is 103 cm³/mol. The Morgan fingerprint density at radius 3 is 2.59 bits per heavy atom. The second-order valence-corrected chi connectivity index (χ2v) is 9.37. The highest BCUT2D eigenvalue weighted by molar-refractivity contribution is 7.89. The summed E-state index contributed by atoms with van der Waals surface area (Å²) in [6, 6.07) is 5.42. The van der Waals surface area contributed by atoms with Gasteiger partial charge in [0.25, 0.3) is 5.91 Å². The summed E-state index contributed by atoms with van der Waals surface area (Å²) < 4.78 is 32.4. The fraction of sp³-hybridized carbons (Fsp3) is 0.444. The topological polar surface area (TPSA) is 79.8 Å². The molecule has 0 atom stereocenters. The number of piperazine rings is 1. The molecular formula is C18H23N3O4S2. The Hall–Kier alpha value is -1.81. The van der Waals surface area contributed by atoms with Crippen LogP contribution in [0.3, 0.4) is 0 Å². The molecule has 1 fully saturated rings. The third-order valence-electron chi connectivity index (χ3n) is 4.53. The first-order valence-corrected chi connectivity index (χ1v) is 10.9. The summed E-state index contributed by atoms with van der Waals surface area (Å²) in [5.74, 6) is -0.169. The van der Waals surface area contributed by atoms with Crippen molar-refractivity contribution in [1.29, 1.82) is 0 Å². The van der Waals surface area contributed by atoms with E-state index in [4.69, 9.17) is 4.74 Å². The molecule has 1 amide bonds. The highest BCUT2D eigenvalue weighted by atomic mass is 32.2. The van der Waals surface area contributed by atoms with E-state index in [1.54, 1.807) is 30.4 Å². The molecule has 9 heteroatoms. The van der Waals surface area contributed by atoms with E-state index in [9.17, 15) is 13.2 Å². The van der Waals surface area contributed by atoms with Gasteiger partial charge in [-0.15, -0.1) is 11.3 Å². The van der Waals surface area contributed by atoms with Gasteiger partial charge in [-0.2, -0.15) is 4.31 Å². The highest BCUT2D eigenvalue weighted by Gasteiger charge is 2.31. The lowest BCUT2D eigenvalue weighted by molar-refractivity contribution is 0.0692. The van der Waals surface area contributed by atoms with Crippen molar-refractivity contribution in [1.82, 2.24) is 14.2 Å². The number of aromatic nitrogens is 1. The number of sulfonamides is 1. The molecule has 0 N–H and O–H groups in total. The van der Waals surface area contributed by atoms with Crippen LogP contribution in [0.5, 0.6) is 0 Å². The average Bonchev–Trinajstić information content (AvgIpc) is 3.12. The number of methoxy groups -OCH3 is 1. The maximum absolute atomic E-state index is 13.0. The minimum atomic E-state index is -3.57. The highest BCUT2D eigenvalue weighted by Crippen LogP contribution is 2.23. The molecule has 1 aliphatic rings. The minimum Gasteiger partial charge on any atom is -0.378 e. The molecule has 7 nitrogen and oxygen atoms in total. The number of ether oxygens (including phenoxy) is 1. The zero-order valence-corrected chi connectivity index (χ0v) is 17.3. The van der Waals surface area contributed by atoms with E-state index in [0.717, 1.165) is 16.1 Å². The minimum absolute atomic E-state index is 0.169. The predicted octanol–water partition coefficient (Wildman–Crippen LogP) is 2.05. The van der Waals surface area contributed by atoms with Crippen molar-refractivity contribution >= 4 is 27.3 Å². The number of carbonyl (C=O) groups is 1. The Balaban J connectivity index is 1.69. The lowest BCUT2D eigenvalue weighted by atomic mass is 10.2. The molecule has 1 aliphatic heterocycles. The number of benzene rings is 1. The molecule has 2 aromatic rings. The molecule has 2 heterocycles. The largest absolute Gasteiger partial charge is 0.378 e. The van der Waals surface area contributed by atoms with Crippen LogP contribution < -0.4 is 0 Å². The van der Waals surface area contributed by atoms with Crippen LogP contribution in [-0.2, 0) is 21.4 Å². The second-order valence-electron chi connectivity index (χ2n) is 6.52. The summed E-state index contributed by atoms with van der Waals surface area (Å²) in [7, 11) is -1.99. The number of carbonyl (C=O) groups excluding carboxylic acids is 1. The van der Waals surface area contributed by atoms with Gasteiger partial charge in [-0.1, -0.05) is 12.1 Å². The maximum Gasteiger partial charge on any atom is 0.273 e. The second kappa shape index (κ2) is 8.05. The Kier molecular flexibility index (Phi) is 5.95. The zero-order chi connectivity index (χ0) is 19.6. The van der Waals surface area contributed by atoms with Crippen LogP contribution in [0.2, 0.25) is 0 Å². The van der Waals surface area contributed by atoms with Gasteiger partial charge < -0.3 is 9.64 Å². The fourth-order valence-corrected chi connectivity index (χ4v) is 5.49. The summed E-state index contributed by atoms with van der Waals surface area (Å²) in [6.45, 7) is 5.29. The summed E-state index contributed by atoms with van der Waals surface area (Å²) in [5.41, 5.74) is 2.02. The lowest BCUT2D eigenvalue weighted by Gasteiger charge is -2.34. The maximum atomic E-state index is 13.0. The molecule has 0 radical (unpaired) electrons. The number of amides is 1. The summed E-state index contributed by atoms with van der Waals surface area (Å²) in [6.07, 6.45) is 0. The number of rotatable bonds is 5. The fourth-order valence-electron chi connectivity index (χ4n) is 3.02. The molecule has 3 rings (SSSR count). The first-order valence-electron chi connectivity index (χ1n) is 8.63. The van der Waals surface area contributed by atoms with Crippen molar-refractivity contribution in [3.8, 4) is 0 Å². The van der Waals surface area contributed by atoms with Crippen LogP contribution in [0.4, 0.5) is 0 Å². The van der Waals surface area contributed by atoms with Crippen molar-refractivity contribution in [2.24, 2.45) is 0 Å². The van der Waals surface area contributed by atoms with Gasteiger partial charge >= 0.3 is 0 Å². The van der Waals surface area contributed by atoms with E-state index < -0.39 is 10.0 Å². The average molecular weight is 410 g/mol. The van der Waals surface area contributed by atoms with Crippen LogP contribution in [0.25, 0.3) is 0 Å². The van der Waals surface area contributed by atoms with Gasteiger partial charge in [0.1, 0.15) is 10.7 Å². The summed E-state index contributed by atoms with van der Waals surface area (Å²) >= 11 is 1.38. The van der Waals surface area contributed by atoms with Crippen molar-refractivity contribution < 1.29 is 17.9 Å². The molecule has 1 aromatic heterocycles. The van der Waals surface area contributed by atoms with Crippen LogP contribution in [0.1, 0.15) is 26.6 Å². The quantitative estimate of drug-likeness (QED) is 0.755. The van der Waals surface area contributed by atoms with Crippen LogP contribution >= 0.6 is 11.3 Å². The Labute approximate surface area is 163 Å². The first-order chi connectivity index (χ1) is 12.8. The van der Waals surface area contributed by atoms with Gasteiger partial charge in [-0.3, -0.25) is 4.79 Å². The molecule has 27 heavy (non-hydrogen) atoms. The normalized spacial score (nSPS) is 15.9. The molecule has 0 spiro atoms. The SMILES string of the molecule is COCc1nc(C(=O)N2CCN(S(=O)(=O)c3cc(C)ccc3C)CC2)cs1. The third-order valence-corrected chi connectivity index (χ3v) is 7.39. The van der Waals surface area contributed by atoms with Crippen LogP contribution in [0.15, 0.2) is 28.5 Å². The van der Waals surface area contributed by atoms with E-state index in [0.29, 0.717) is 30.3 Å². The van der Waals surface area contributed by atoms with E-state index in [2.05, 4.69) is 4.98 Å². The third kappa shape index (κ3) is 4.21. The van der Waals surface area contributed by atoms with E-state index in [1.807, 2.05) is 19.1 Å². The molecule has 0 aliphatic carbocycles. The van der Waals surface area contributed by atoms with Crippen molar-refractivity contribution in [3.63, 3.8) is 0 Å². The number of aryl methyl sites for hydroxylation is 2. The number of thiazole rings is 1. The summed E-state index contributed by atoms with van der Waals surface area (Å²) in [4.78, 5) is 18.9. The first kappa shape index (κ1) is 19.9. The molecule has 0 unspecified atom stereocenters. The zero-order valence-electron chi connectivity index (χ0n) is 15.6.